The summed E-state index contributed by atoms with van der Waals surface area (Å²) >= 11 is 0. The molecule has 1 heterocycles. The first-order valence-electron chi connectivity index (χ1n) is 7.99. The van der Waals surface area contributed by atoms with Gasteiger partial charge in [-0.05, 0) is 35.9 Å². The van der Waals surface area contributed by atoms with E-state index in [2.05, 4.69) is 10.4 Å². The lowest BCUT2D eigenvalue weighted by Crippen LogP contribution is -2.19. The van der Waals surface area contributed by atoms with Crippen LogP contribution < -0.4 is 11.1 Å². The van der Waals surface area contributed by atoms with Gasteiger partial charge in [-0.15, -0.1) is 0 Å². The molecule has 3 rings (SSSR count). The van der Waals surface area contributed by atoms with Gasteiger partial charge >= 0.3 is 5.97 Å². The maximum absolute atomic E-state index is 12.1. The normalized spacial score (nSPS) is 11.0. The Balaban J connectivity index is 1.75. The van der Waals surface area contributed by atoms with Gasteiger partial charge in [0, 0.05) is 11.5 Å². The van der Waals surface area contributed by atoms with E-state index < -0.39 is 17.8 Å². The van der Waals surface area contributed by atoms with Crippen LogP contribution in [0, 0.1) is 0 Å². The van der Waals surface area contributed by atoms with Gasteiger partial charge in [-0.2, -0.15) is 5.10 Å². The fraction of sp³-hybridized carbons (Fsp3) is 0.0526. The number of hydrogen-bond donors (Lipinski definition) is 3. The van der Waals surface area contributed by atoms with E-state index in [4.69, 9.17) is 10.8 Å². The van der Waals surface area contributed by atoms with Crippen LogP contribution in [0.4, 0.5) is 5.69 Å². The maximum Gasteiger partial charge on any atom is 0.337 e. The first kappa shape index (κ1) is 17.9. The lowest BCUT2D eigenvalue weighted by Gasteiger charge is -2.05. The number of nitrogens with one attached hydrogen (secondary N) is 1. The third-order valence-electron chi connectivity index (χ3n) is 3.81. The van der Waals surface area contributed by atoms with Crippen molar-refractivity contribution in [3.05, 3.63) is 65.9 Å². The summed E-state index contributed by atoms with van der Waals surface area (Å²) in [5.41, 5.74) is 6.94. The number of nitrogens with zero attached hydrogens (tertiary/aromatic N) is 2. The van der Waals surface area contributed by atoms with Crippen molar-refractivity contribution in [2.24, 2.45) is 5.73 Å². The number of amides is 2. The number of para-hydroxylation sites is 1. The van der Waals surface area contributed by atoms with E-state index in [9.17, 15) is 14.4 Å². The molecule has 0 unspecified atom stereocenters. The van der Waals surface area contributed by atoms with Crippen molar-refractivity contribution in [1.29, 1.82) is 0 Å². The lowest BCUT2D eigenvalue weighted by molar-refractivity contribution is -0.118. The van der Waals surface area contributed by atoms with Crippen LogP contribution in [-0.4, -0.2) is 32.7 Å². The average molecular weight is 364 g/mol. The SMILES string of the molecule is NC(=O)Cn1ncc2cc(/C=C/C(=O)Nc3ccccc3C(=O)O)ccc21. The summed E-state index contributed by atoms with van der Waals surface area (Å²) in [6.45, 7) is -0.00984. The Bertz CT molecular complexity index is 1070. The molecule has 0 aliphatic heterocycles. The molecule has 136 valence electrons. The van der Waals surface area contributed by atoms with Crippen LogP contribution in [0.5, 0.6) is 0 Å². The third-order valence-corrected chi connectivity index (χ3v) is 3.81. The molecule has 0 saturated heterocycles. The molecule has 0 aliphatic carbocycles. The summed E-state index contributed by atoms with van der Waals surface area (Å²) in [4.78, 5) is 34.3. The Morgan fingerprint density at radius 1 is 1.19 bits per heavy atom. The summed E-state index contributed by atoms with van der Waals surface area (Å²) in [5.74, 6) is -2.05. The average Bonchev–Trinajstić information content (AvgIpc) is 3.02. The zero-order chi connectivity index (χ0) is 19.4. The topological polar surface area (TPSA) is 127 Å². The monoisotopic (exact) mass is 364 g/mol. The predicted octanol–water partition coefficient (Wildman–Crippen LogP) is 1.87. The minimum Gasteiger partial charge on any atom is -0.478 e. The van der Waals surface area contributed by atoms with Crippen molar-refractivity contribution in [3.8, 4) is 0 Å². The number of carboxylic acids is 1. The van der Waals surface area contributed by atoms with Gasteiger partial charge in [0.05, 0.1) is 23.0 Å². The maximum atomic E-state index is 12.1. The van der Waals surface area contributed by atoms with Crippen LogP contribution in [0.25, 0.3) is 17.0 Å². The number of carbonyl (C=O) groups is 3. The predicted molar refractivity (Wildman–Crippen MR) is 100.0 cm³/mol. The largest absolute Gasteiger partial charge is 0.478 e. The number of hydrogen-bond acceptors (Lipinski definition) is 4. The van der Waals surface area contributed by atoms with Crippen molar-refractivity contribution in [2.45, 2.75) is 6.54 Å². The van der Waals surface area contributed by atoms with Gasteiger partial charge in [0.1, 0.15) is 6.54 Å². The van der Waals surface area contributed by atoms with Gasteiger partial charge in [-0.25, -0.2) is 4.79 Å². The number of benzene rings is 2. The molecule has 1 aromatic heterocycles. The van der Waals surface area contributed by atoms with Crippen molar-refractivity contribution >= 4 is 40.4 Å². The molecule has 4 N–H and O–H groups in total. The van der Waals surface area contributed by atoms with E-state index in [1.165, 1.54) is 22.9 Å². The second-order valence-corrected chi connectivity index (χ2v) is 5.76. The number of anilines is 1. The Morgan fingerprint density at radius 3 is 2.70 bits per heavy atom. The highest BCUT2D eigenvalue weighted by Gasteiger charge is 2.10. The van der Waals surface area contributed by atoms with Crippen LogP contribution in [0.3, 0.4) is 0 Å². The van der Waals surface area contributed by atoms with E-state index in [-0.39, 0.29) is 17.8 Å². The van der Waals surface area contributed by atoms with Crippen LogP contribution in [0.2, 0.25) is 0 Å². The second kappa shape index (κ2) is 7.52. The molecule has 0 bridgehead atoms. The minimum absolute atomic E-state index is 0.00984. The number of aromatic carboxylic acids is 1. The van der Waals surface area contributed by atoms with Crippen LogP contribution in [0.1, 0.15) is 15.9 Å². The fourth-order valence-electron chi connectivity index (χ4n) is 2.61. The first-order chi connectivity index (χ1) is 12.9. The Kier molecular flexibility index (Phi) is 4.98. The van der Waals surface area contributed by atoms with Crippen molar-refractivity contribution in [3.63, 3.8) is 0 Å². The quantitative estimate of drug-likeness (QED) is 0.575. The third kappa shape index (κ3) is 4.18. The van der Waals surface area contributed by atoms with Crippen LogP contribution in [-0.2, 0) is 16.1 Å². The molecule has 8 nitrogen and oxygen atoms in total. The van der Waals surface area contributed by atoms with Gasteiger partial charge in [-0.1, -0.05) is 18.2 Å². The Labute approximate surface area is 153 Å². The number of fused-ring (bicyclic) bond motifs is 1. The van der Waals surface area contributed by atoms with E-state index >= 15 is 0 Å². The molecule has 0 saturated carbocycles. The minimum atomic E-state index is -1.12. The van der Waals surface area contributed by atoms with E-state index in [1.54, 1.807) is 36.5 Å². The zero-order valence-corrected chi connectivity index (χ0v) is 14.1. The summed E-state index contributed by atoms with van der Waals surface area (Å²) in [6, 6.07) is 11.5. The molecule has 0 fully saturated rings. The number of rotatable bonds is 6. The highest BCUT2D eigenvalue weighted by molar-refractivity contribution is 6.06. The smallest absolute Gasteiger partial charge is 0.337 e. The first-order valence-corrected chi connectivity index (χ1v) is 7.99. The van der Waals surface area contributed by atoms with E-state index in [0.717, 1.165) is 16.5 Å². The number of nitrogens with two attached hydrogens (primary N) is 1. The van der Waals surface area contributed by atoms with Crippen molar-refractivity contribution in [2.75, 3.05) is 5.32 Å². The van der Waals surface area contributed by atoms with Gasteiger partial charge < -0.3 is 16.2 Å². The Hall–Kier alpha value is -3.94. The highest BCUT2D eigenvalue weighted by Crippen LogP contribution is 2.18. The molecule has 3 aromatic rings. The van der Waals surface area contributed by atoms with Gasteiger partial charge in [0.2, 0.25) is 11.8 Å². The van der Waals surface area contributed by atoms with Crippen LogP contribution >= 0.6 is 0 Å². The molecule has 0 atom stereocenters. The van der Waals surface area contributed by atoms with E-state index in [1.807, 2.05) is 6.07 Å². The molecule has 0 radical (unpaired) electrons. The highest BCUT2D eigenvalue weighted by atomic mass is 16.4. The summed E-state index contributed by atoms with van der Waals surface area (Å²) in [6.07, 6.45) is 4.52. The molecule has 27 heavy (non-hydrogen) atoms. The van der Waals surface area contributed by atoms with Crippen molar-refractivity contribution < 1.29 is 19.5 Å². The van der Waals surface area contributed by atoms with Crippen LogP contribution in [0.15, 0.2) is 54.7 Å². The fourth-order valence-corrected chi connectivity index (χ4v) is 2.61. The summed E-state index contributed by atoms with van der Waals surface area (Å²) < 4.78 is 1.50. The number of carboxylic acid groups (broad SMARTS) is 1. The molecule has 2 amide bonds. The Morgan fingerprint density at radius 2 is 1.96 bits per heavy atom. The summed E-state index contributed by atoms with van der Waals surface area (Å²) in [7, 11) is 0. The molecular formula is C19H16N4O4. The standard InChI is InChI=1S/C19H16N4O4/c20-17(24)11-23-16-7-5-12(9-13(16)10-21-23)6-8-18(25)22-15-4-2-1-3-14(15)19(26)27/h1-10H,11H2,(H2,20,24)(H,22,25)(H,26,27)/b8-6+. The summed E-state index contributed by atoms with van der Waals surface area (Å²) in [5, 5.41) is 16.6. The van der Waals surface area contributed by atoms with E-state index in [0.29, 0.717) is 0 Å². The van der Waals surface area contributed by atoms with Gasteiger partial charge in [-0.3, -0.25) is 14.3 Å². The molecular weight excluding hydrogens is 348 g/mol. The lowest BCUT2D eigenvalue weighted by atomic mass is 10.1. The van der Waals surface area contributed by atoms with Gasteiger partial charge in [0.25, 0.3) is 0 Å². The molecule has 2 aromatic carbocycles. The zero-order valence-electron chi connectivity index (χ0n) is 14.1. The molecule has 0 spiro atoms. The number of carbonyl (C=O) groups excluding carboxylic acids is 2. The number of aromatic nitrogens is 2. The number of primary amides is 1. The van der Waals surface area contributed by atoms with Gasteiger partial charge in [0.15, 0.2) is 0 Å². The second-order valence-electron chi connectivity index (χ2n) is 5.76. The molecule has 0 aliphatic rings. The molecule has 8 heteroatoms. The van der Waals surface area contributed by atoms with Crippen molar-refractivity contribution in [1.82, 2.24) is 9.78 Å².